The molecular weight excluding hydrogens is 277 g/mol. The molecule has 2 aliphatic heterocycles. The van der Waals surface area contributed by atoms with Gasteiger partial charge in [0.05, 0.1) is 18.1 Å². The Hall–Kier alpha value is -1.73. The predicted octanol–water partition coefficient (Wildman–Crippen LogP) is 1.64. The molecule has 2 saturated heterocycles. The summed E-state index contributed by atoms with van der Waals surface area (Å²) < 4.78 is 19.1. The van der Waals surface area contributed by atoms with Crippen molar-refractivity contribution in [2.24, 2.45) is 0 Å². The molecule has 1 atom stereocenters. The standard InChI is InChI=1S/C14H18FN3O3/c15-12-2-1-3-13(14(12)18(19)20)17-5-4-11(10-17)16-6-8-21-9-7-16/h1-3,11H,4-10H2. The first-order chi connectivity index (χ1) is 10.2. The third-order valence-electron chi connectivity index (χ3n) is 4.21. The number of nitrogens with zero attached hydrogens (tertiary/aromatic N) is 3. The highest BCUT2D eigenvalue weighted by molar-refractivity contribution is 5.64. The van der Waals surface area contributed by atoms with E-state index in [9.17, 15) is 14.5 Å². The molecule has 2 fully saturated rings. The zero-order valence-electron chi connectivity index (χ0n) is 11.7. The van der Waals surface area contributed by atoms with Crippen molar-refractivity contribution in [1.82, 2.24) is 4.90 Å². The minimum atomic E-state index is -0.771. The van der Waals surface area contributed by atoms with Crippen LogP contribution in [0, 0.1) is 15.9 Å². The van der Waals surface area contributed by atoms with E-state index in [1.165, 1.54) is 6.07 Å². The Morgan fingerprint density at radius 3 is 2.76 bits per heavy atom. The molecule has 1 unspecified atom stereocenters. The lowest BCUT2D eigenvalue weighted by Crippen LogP contribution is -2.44. The number of halogens is 1. The molecule has 0 aliphatic carbocycles. The predicted molar refractivity (Wildman–Crippen MR) is 76.1 cm³/mol. The molecule has 1 aromatic carbocycles. The summed E-state index contributed by atoms with van der Waals surface area (Å²) in [6.07, 6.45) is 0.938. The molecule has 0 saturated carbocycles. The fraction of sp³-hybridized carbons (Fsp3) is 0.571. The van der Waals surface area contributed by atoms with Crippen LogP contribution in [0.5, 0.6) is 0 Å². The molecule has 0 radical (unpaired) electrons. The summed E-state index contributed by atoms with van der Waals surface area (Å²) >= 11 is 0. The van der Waals surface area contributed by atoms with Crippen molar-refractivity contribution in [3.63, 3.8) is 0 Å². The van der Waals surface area contributed by atoms with Crippen LogP contribution in [0.1, 0.15) is 6.42 Å². The van der Waals surface area contributed by atoms with Gasteiger partial charge in [-0.2, -0.15) is 4.39 Å². The molecule has 114 valence electrons. The lowest BCUT2D eigenvalue weighted by Gasteiger charge is -2.32. The smallest absolute Gasteiger partial charge is 0.327 e. The second-order valence-electron chi connectivity index (χ2n) is 5.40. The van der Waals surface area contributed by atoms with Crippen molar-refractivity contribution in [2.45, 2.75) is 12.5 Å². The topological polar surface area (TPSA) is 58.9 Å². The Kier molecular flexibility index (Phi) is 4.03. The van der Waals surface area contributed by atoms with Crippen molar-refractivity contribution in [3.05, 3.63) is 34.1 Å². The first kappa shape index (κ1) is 14.2. The van der Waals surface area contributed by atoms with Crippen LogP contribution in [0.4, 0.5) is 15.8 Å². The maximum absolute atomic E-state index is 13.7. The molecule has 0 aromatic heterocycles. The number of ether oxygens (including phenoxy) is 1. The van der Waals surface area contributed by atoms with Crippen molar-refractivity contribution in [2.75, 3.05) is 44.3 Å². The number of nitro benzene ring substituents is 1. The first-order valence-corrected chi connectivity index (χ1v) is 7.16. The van der Waals surface area contributed by atoms with E-state index < -0.39 is 16.4 Å². The number of para-hydroxylation sites is 1. The number of anilines is 1. The number of benzene rings is 1. The van der Waals surface area contributed by atoms with Crippen LogP contribution >= 0.6 is 0 Å². The molecule has 1 aromatic rings. The third kappa shape index (κ3) is 2.84. The minimum absolute atomic E-state index is 0.358. The van der Waals surface area contributed by atoms with Crippen LogP contribution in [0.3, 0.4) is 0 Å². The summed E-state index contributed by atoms with van der Waals surface area (Å²) in [5, 5.41) is 11.1. The second kappa shape index (κ2) is 5.95. The van der Waals surface area contributed by atoms with Gasteiger partial charge in [-0.1, -0.05) is 6.07 Å². The van der Waals surface area contributed by atoms with E-state index in [-0.39, 0.29) is 0 Å². The number of nitro groups is 1. The summed E-state index contributed by atoms with van der Waals surface area (Å²) in [5.41, 5.74) is -0.0316. The monoisotopic (exact) mass is 295 g/mol. The normalized spacial score (nSPS) is 23.5. The van der Waals surface area contributed by atoms with Crippen molar-refractivity contribution in [3.8, 4) is 0 Å². The Bertz CT molecular complexity index is 534. The van der Waals surface area contributed by atoms with E-state index in [4.69, 9.17) is 4.74 Å². The average Bonchev–Trinajstić information content (AvgIpc) is 2.97. The highest BCUT2D eigenvalue weighted by atomic mass is 19.1. The lowest BCUT2D eigenvalue weighted by molar-refractivity contribution is -0.386. The molecular formula is C14H18FN3O3. The Labute approximate surface area is 122 Å². The highest BCUT2D eigenvalue weighted by Crippen LogP contribution is 2.33. The van der Waals surface area contributed by atoms with Crippen LogP contribution in [-0.2, 0) is 4.74 Å². The van der Waals surface area contributed by atoms with Gasteiger partial charge in [0.25, 0.3) is 0 Å². The maximum Gasteiger partial charge on any atom is 0.327 e. The summed E-state index contributed by atoms with van der Waals surface area (Å²) in [6, 6.07) is 4.65. The summed E-state index contributed by atoms with van der Waals surface area (Å²) in [6.45, 7) is 4.66. The molecule has 0 bridgehead atoms. The summed E-state index contributed by atoms with van der Waals surface area (Å²) in [4.78, 5) is 14.7. The van der Waals surface area contributed by atoms with E-state index >= 15 is 0 Å². The van der Waals surface area contributed by atoms with Gasteiger partial charge in [-0.25, -0.2) is 0 Å². The molecule has 2 heterocycles. The Balaban J connectivity index is 1.77. The van der Waals surface area contributed by atoms with Gasteiger partial charge in [-0.3, -0.25) is 15.0 Å². The van der Waals surface area contributed by atoms with Gasteiger partial charge in [0, 0.05) is 32.2 Å². The number of hydrogen-bond donors (Lipinski definition) is 0. The van der Waals surface area contributed by atoms with Gasteiger partial charge < -0.3 is 9.64 Å². The van der Waals surface area contributed by atoms with Crippen molar-refractivity contribution in [1.29, 1.82) is 0 Å². The van der Waals surface area contributed by atoms with Crippen LogP contribution in [0.2, 0.25) is 0 Å². The number of hydrogen-bond acceptors (Lipinski definition) is 5. The van der Waals surface area contributed by atoms with Crippen LogP contribution in [0.15, 0.2) is 18.2 Å². The Morgan fingerprint density at radius 1 is 1.29 bits per heavy atom. The second-order valence-corrected chi connectivity index (χ2v) is 5.40. The highest BCUT2D eigenvalue weighted by Gasteiger charge is 2.32. The maximum atomic E-state index is 13.7. The molecule has 0 N–H and O–H groups in total. The van der Waals surface area contributed by atoms with Crippen LogP contribution < -0.4 is 4.90 Å². The average molecular weight is 295 g/mol. The van der Waals surface area contributed by atoms with Crippen LogP contribution in [0.25, 0.3) is 0 Å². The van der Waals surface area contributed by atoms with E-state index in [2.05, 4.69) is 4.90 Å². The van der Waals surface area contributed by atoms with E-state index in [0.29, 0.717) is 24.8 Å². The van der Waals surface area contributed by atoms with Gasteiger partial charge in [-0.15, -0.1) is 0 Å². The summed E-state index contributed by atoms with van der Waals surface area (Å²) in [5.74, 6) is -0.771. The molecule has 2 aliphatic rings. The number of morpholine rings is 1. The van der Waals surface area contributed by atoms with E-state index in [1.54, 1.807) is 6.07 Å². The fourth-order valence-corrected chi connectivity index (χ4v) is 3.14. The van der Waals surface area contributed by atoms with Crippen LogP contribution in [-0.4, -0.2) is 55.3 Å². The summed E-state index contributed by atoms with van der Waals surface area (Å²) in [7, 11) is 0. The zero-order valence-corrected chi connectivity index (χ0v) is 11.7. The molecule has 3 rings (SSSR count). The van der Waals surface area contributed by atoms with Crippen molar-refractivity contribution < 1.29 is 14.1 Å². The third-order valence-corrected chi connectivity index (χ3v) is 4.21. The van der Waals surface area contributed by atoms with E-state index in [0.717, 1.165) is 38.8 Å². The SMILES string of the molecule is O=[N+]([O-])c1c(F)cccc1N1CCC(N2CCOCC2)C1. The van der Waals surface area contributed by atoms with E-state index in [1.807, 2.05) is 4.90 Å². The first-order valence-electron chi connectivity index (χ1n) is 7.16. The number of rotatable bonds is 3. The molecule has 0 amide bonds. The largest absolute Gasteiger partial charge is 0.379 e. The zero-order chi connectivity index (χ0) is 14.8. The van der Waals surface area contributed by atoms with Gasteiger partial charge in [0.15, 0.2) is 0 Å². The molecule has 6 nitrogen and oxygen atoms in total. The Morgan fingerprint density at radius 2 is 2.05 bits per heavy atom. The molecule has 21 heavy (non-hydrogen) atoms. The fourth-order valence-electron chi connectivity index (χ4n) is 3.14. The minimum Gasteiger partial charge on any atom is -0.379 e. The van der Waals surface area contributed by atoms with Crippen molar-refractivity contribution >= 4 is 11.4 Å². The van der Waals surface area contributed by atoms with Gasteiger partial charge in [0.1, 0.15) is 5.69 Å². The van der Waals surface area contributed by atoms with Gasteiger partial charge in [0.2, 0.25) is 5.82 Å². The molecule has 7 heteroatoms. The lowest BCUT2D eigenvalue weighted by atomic mass is 10.2. The van der Waals surface area contributed by atoms with Gasteiger partial charge in [-0.05, 0) is 18.6 Å². The quantitative estimate of drug-likeness (QED) is 0.627. The van der Waals surface area contributed by atoms with Gasteiger partial charge >= 0.3 is 5.69 Å². The molecule has 0 spiro atoms.